The van der Waals surface area contributed by atoms with Crippen LogP contribution in [0.5, 0.6) is 0 Å². The first-order valence-electron chi connectivity index (χ1n) is 30.8. The zero-order valence-corrected chi connectivity index (χ0v) is 53.9. The third kappa shape index (κ3) is 21.7. The van der Waals surface area contributed by atoms with E-state index in [1.54, 1.807) is 0 Å². The van der Waals surface area contributed by atoms with Gasteiger partial charge in [0.15, 0.2) is 0 Å². The quantitative estimate of drug-likeness (QED) is 0.157. The van der Waals surface area contributed by atoms with Gasteiger partial charge in [-0.25, -0.2) is 0 Å². The van der Waals surface area contributed by atoms with E-state index in [2.05, 4.69) is 192 Å². The number of pyridine rings is 7. The van der Waals surface area contributed by atoms with Gasteiger partial charge in [-0.1, -0.05) is 243 Å². The summed E-state index contributed by atoms with van der Waals surface area (Å²) in [6, 6.07) is 100. The summed E-state index contributed by atoms with van der Waals surface area (Å²) in [6.07, 6.45) is 11.2. The number of aryl methyl sites for hydroxylation is 8. The van der Waals surface area contributed by atoms with E-state index in [0.717, 1.165) is 51.1 Å². The Kier molecular flexibility index (Phi) is 26.2. The zero-order chi connectivity index (χ0) is 64.5. The molecule has 0 spiro atoms. The van der Waals surface area contributed by atoms with Gasteiger partial charge in [0.2, 0.25) is 0 Å². The summed E-state index contributed by atoms with van der Waals surface area (Å²) in [5.41, 5.74) is 25.3. The molecule has 0 aliphatic carbocycles. The van der Waals surface area contributed by atoms with Crippen LogP contribution in [0.15, 0.2) is 334 Å². The lowest BCUT2D eigenvalue weighted by atomic mass is 10.1. The predicted molar refractivity (Wildman–Crippen MR) is 386 cm³/mol. The molecule has 7 aromatic carbocycles. The Bertz CT molecular complexity index is 4250. The lowest BCUT2D eigenvalue weighted by Gasteiger charge is -2.05. The van der Waals surface area contributed by atoms with Crippen molar-refractivity contribution in [3.8, 4) is 78.8 Å². The molecule has 7 heterocycles. The van der Waals surface area contributed by atoms with E-state index in [4.69, 9.17) is 0 Å². The summed E-state index contributed by atoms with van der Waals surface area (Å²) in [5, 5.41) is 0. The standard InChI is InChI=1S/2C13H13N.4C12H11N.C11H9N/c1-10-8-13(14-9-11(10)2)12-6-4-3-5-7-12;1-10-8-11(2)13(14-9-10)12-6-4-3-5-7-12;1-10-6-5-9-13-12(10)11-7-3-2-4-8-11;1-10-6-5-9-12(13-10)11-7-3-2-4-8-11;1-10-7-8-13-12(9-10)11-5-3-2-4-6-11;1-10-7-8-12(13-9-10)11-5-3-2-4-6-11;1-2-6-10(7-3-1)11-8-4-5-9-12-11/h2*3-9H,1-2H3;4*2-9H,1H3;1-9H. The van der Waals surface area contributed by atoms with Crippen molar-refractivity contribution in [3.63, 3.8) is 0 Å². The lowest BCUT2D eigenvalue weighted by Crippen LogP contribution is -1.88. The average molecular weight is 1200 g/mol. The highest BCUT2D eigenvalue weighted by atomic mass is 14.7. The van der Waals surface area contributed by atoms with Gasteiger partial charge in [0, 0.05) is 81.8 Å². The van der Waals surface area contributed by atoms with E-state index in [-0.39, 0.29) is 0 Å². The van der Waals surface area contributed by atoms with Gasteiger partial charge in [0.1, 0.15) is 0 Å². The van der Waals surface area contributed by atoms with Crippen LogP contribution in [0.3, 0.4) is 0 Å². The Balaban J connectivity index is 0.000000138. The fourth-order valence-corrected chi connectivity index (χ4v) is 9.39. The predicted octanol–water partition coefficient (Wildman–Crippen LogP) is 21.7. The molecule has 14 aromatic rings. The highest BCUT2D eigenvalue weighted by molar-refractivity contribution is 5.65. The van der Waals surface area contributed by atoms with E-state index in [0.29, 0.717) is 0 Å². The van der Waals surface area contributed by atoms with Crippen molar-refractivity contribution >= 4 is 0 Å². The summed E-state index contributed by atoms with van der Waals surface area (Å²) in [6.45, 7) is 16.6. The first-order valence-corrected chi connectivity index (χ1v) is 30.8. The summed E-state index contributed by atoms with van der Waals surface area (Å²) < 4.78 is 0. The summed E-state index contributed by atoms with van der Waals surface area (Å²) in [7, 11) is 0. The fraction of sp³-hybridized carbons (Fsp3) is 0.0941. The molecule has 454 valence electrons. The first-order chi connectivity index (χ1) is 45.0. The van der Waals surface area contributed by atoms with Gasteiger partial charge in [-0.2, -0.15) is 0 Å². The second-order valence-corrected chi connectivity index (χ2v) is 21.9. The smallest absolute Gasteiger partial charge is 0.0731 e. The molecule has 0 atom stereocenters. The SMILES string of the molecule is Cc1ccc(-c2ccccc2)nc1.Cc1cccc(-c2ccccc2)n1.Cc1cccnc1-c1ccccc1.Cc1ccnc(-c2ccccc2)c1.Cc1cnc(-c2ccccc2)c(C)c1.Cc1cnc(-c2ccccc2)cc1C.c1ccc(-c2ccccn2)cc1. The normalized spacial score (nSPS) is 9.96. The Labute approximate surface area is 545 Å². The Morgan fingerprint density at radius 1 is 0.196 bits per heavy atom. The molecule has 0 amide bonds. The minimum atomic E-state index is 1.03. The molecule has 0 aliphatic rings. The molecule has 92 heavy (non-hydrogen) atoms. The first kappa shape index (κ1) is 66.5. The Hall–Kier alpha value is -11.4. The van der Waals surface area contributed by atoms with E-state index >= 15 is 0 Å². The van der Waals surface area contributed by atoms with E-state index < -0.39 is 0 Å². The van der Waals surface area contributed by atoms with Gasteiger partial charge in [0.25, 0.3) is 0 Å². The molecule has 7 aromatic heterocycles. The van der Waals surface area contributed by atoms with Crippen LogP contribution in [-0.2, 0) is 0 Å². The molecule has 0 N–H and O–H groups in total. The highest BCUT2D eigenvalue weighted by Gasteiger charge is 2.05. The molecule has 14 rings (SSSR count). The van der Waals surface area contributed by atoms with Gasteiger partial charge in [-0.05, 0) is 149 Å². The average Bonchev–Trinajstić information content (AvgIpc) is 2.15. The number of hydrogen-bond donors (Lipinski definition) is 0. The maximum Gasteiger partial charge on any atom is 0.0731 e. The third-order valence-corrected chi connectivity index (χ3v) is 14.4. The number of benzene rings is 7. The number of hydrogen-bond acceptors (Lipinski definition) is 7. The van der Waals surface area contributed by atoms with Gasteiger partial charge >= 0.3 is 0 Å². The van der Waals surface area contributed by atoms with Crippen molar-refractivity contribution < 1.29 is 0 Å². The second kappa shape index (κ2) is 36.2. The van der Waals surface area contributed by atoms with Crippen LogP contribution in [0.25, 0.3) is 78.8 Å². The van der Waals surface area contributed by atoms with Gasteiger partial charge in [-0.3, -0.25) is 34.9 Å². The van der Waals surface area contributed by atoms with E-state index in [9.17, 15) is 0 Å². The molecular formula is C85H79N7. The molecule has 7 heteroatoms. The van der Waals surface area contributed by atoms with Gasteiger partial charge in [-0.15, -0.1) is 0 Å². The summed E-state index contributed by atoms with van der Waals surface area (Å²) in [4.78, 5) is 30.6. The number of nitrogens with zero attached hydrogens (tertiary/aromatic N) is 7. The molecule has 0 unspecified atom stereocenters. The van der Waals surface area contributed by atoms with Crippen LogP contribution in [0, 0.1) is 55.4 Å². The van der Waals surface area contributed by atoms with Crippen molar-refractivity contribution in [1.82, 2.24) is 34.9 Å². The number of rotatable bonds is 7. The molecule has 0 saturated carbocycles. The van der Waals surface area contributed by atoms with Crippen LogP contribution in [0.4, 0.5) is 0 Å². The molecule has 0 radical (unpaired) electrons. The van der Waals surface area contributed by atoms with Gasteiger partial charge < -0.3 is 0 Å². The van der Waals surface area contributed by atoms with E-state index in [1.165, 1.54) is 72.3 Å². The lowest BCUT2D eigenvalue weighted by molar-refractivity contribution is 1.21. The zero-order valence-electron chi connectivity index (χ0n) is 53.9. The highest BCUT2D eigenvalue weighted by Crippen LogP contribution is 2.24. The van der Waals surface area contributed by atoms with Crippen LogP contribution in [-0.4, -0.2) is 34.9 Å². The monoisotopic (exact) mass is 1200 g/mol. The van der Waals surface area contributed by atoms with Crippen molar-refractivity contribution in [3.05, 3.63) is 379 Å². The summed E-state index contributed by atoms with van der Waals surface area (Å²) in [5.74, 6) is 0. The summed E-state index contributed by atoms with van der Waals surface area (Å²) >= 11 is 0. The maximum atomic E-state index is 4.45. The fourth-order valence-electron chi connectivity index (χ4n) is 9.39. The largest absolute Gasteiger partial charge is 0.256 e. The molecule has 7 nitrogen and oxygen atoms in total. The van der Waals surface area contributed by atoms with Crippen LogP contribution >= 0.6 is 0 Å². The molecule has 0 aliphatic heterocycles. The van der Waals surface area contributed by atoms with Crippen molar-refractivity contribution in [2.45, 2.75) is 55.4 Å². The Morgan fingerprint density at radius 2 is 0.609 bits per heavy atom. The molecule has 0 fully saturated rings. The molecule has 0 saturated heterocycles. The minimum absolute atomic E-state index is 1.03. The van der Waals surface area contributed by atoms with Crippen LogP contribution < -0.4 is 0 Å². The molecular weight excluding hydrogens is 1120 g/mol. The van der Waals surface area contributed by atoms with Crippen molar-refractivity contribution in [1.29, 1.82) is 0 Å². The van der Waals surface area contributed by atoms with Gasteiger partial charge in [0.05, 0.1) is 39.9 Å². The minimum Gasteiger partial charge on any atom is -0.256 e. The van der Waals surface area contributed by atoms with Crippen LogP contribution in [0.1, 0.15) is 44.6 Å². The topological polar surface area (TPSA) is 90.2 Å². The van der Waals surface area contributed by atoms with E-state index in [1.807, 2.05) is 233 Å². The van der Waals surface area contributed by atoms with Crippen LogP contribution in [0.2, 0.25) is 0 Å². The second-order valence-electron chi connectivity index (χ2n) is 21.9. The molecule has 0 bridgehead atoms. The van der Waals surface area contributed by atoms with Crippen molar-refractivity contribution in [2.75, 3.05) is 0 Å². The van der Waals surface area contributed by atoms with Crippen molar-refractivity contribution in [2.24, 2.45) is 0 Å². The Morgan fingerprint density at radius 3 is 1.05 bits per heavy atom. The maximum absolute atomic E-state index is 4.45. The number of aromatic nitrogens is 7. The third-order valence-electron chi connectivity index (χ3n) is 14.4.